The average molecular weight is 225 g/mol. The highest BCUT2D eigenvalue weighted by molar-refractivity contribution is 7.15. The van der Waals surface area contributed by atoms with E-state index >= 15 is 0 Å². The number of rotatable bonds is 5. The van der Waals surface area contributed by atoms with Crippen LogP contribution in [0, 0.1) is 0 Å². The molecule has 1 N–H and O–H groups in total. The predicted octanol–water partition coefficient (Wildman–Crippen LogP) is 0.862. The van der Waals surface area contributed by atoms with Crippen molar-refractivity contribution in [2.45, 2.75) is 6.42 Å². The molecule has 4 nitrogen and oxygen atoms in total. The Balaban J connectivity index is 1.97. The molecule has 2 aromatic rings. The first-order valence-electron chi connectivity index (χ1n) is 5.00. The molecule has 0 atom stereocenters. The molecule has 0 fully saturated rings. The molecule has 0 unspecified atom stereocenters. The monoisotopic (exact) mass is 225 g/mol. The Kier molecular flexibility index (Phi) is 3.35. The predicted molar refractivity (Wildman–Crippen MR) is 61.4 cm³/mol. The minimum atomic E-state index is 0.223. The van der Waals surface area contributed by atoms with Crippen molar-refractivity contribution in [1.29, 1.82) is 0 Å². The number of fused-ring (bicyclic) bond motifs is 1. The van der Waals surface area contributed by atoms with Crippen LogP contribution >= 0.6 is 11.3 Å². The minimum Gasteiger partial charge on any atom is -0.395 e. The molecule has 0 radical (unpaired) electrons. The summed E-state index contributed by atoms with van der Waals surface area (Å²) in [6.45, 7) is 1.92. The molecule has 0 spiro atoms. The van der Waals surface area contributed by atoms with E-state index in [-0.39, 0.29) is 6.61 Å². The smallest absolute Gasteiger partial charge is 0.193 e. The molecule has 0 bridgehead atoms. The minimum absolute atomic E-state index is 0.223. The van der Waals surface area contributed by atoms with E-state index in [1.54, 1.807) is 11.3 Å². The number of nitrogens with zero attached hydrogens (tertiary/aromatic N) is 3. The number of hydrogen-bond donors (Lipinski definition) is 1. The molecule has 5 heteroatoms. The summed E-state index contributed by atoms with van der Waals surface area (Å²) >= 11 is 1.67. The van der Waals surface area contributed by atoms with Gasteiger partial charge >= 0.3 is 0 Å². The standard InChI is InChI=1S/C10H15N3OS/c1-12(6-7-14)4-2-9-8-15-10-11-3-5-13(9)10/h3,5,8,14H,2,4,6-7H2,1H3. The molecule has 0 aliphatic rings. The topological polar surface area (TPSA) is 40.8 Å². The maximum atomic E-state index is 8.78. The number of aliphatic hydroxyl groups excluding tert-OH is 1. The summed E-state index contributed by atoms with van der Waals surface area (Å²) in [6, 6.07) is 0. The van der Waals surface area contributed by atoms with Crippen LogP contribution < -0.4 is 0 Å². The Morgan fingerprint density at radius 3 is 3.20 bits per heavy atom. The molecule has 0 amide bonds. The SMILES string of the molecule is CN(CCO)CCc1csc2nccn12. The van der Waals surface area contributed by atoms with Crippen molar-refractivity contribution in [2.75, 3.05) is 26.7 Å². The Morgan fingerprint density at radius 2 is 2.40 bits per heavy atom. The van der Waals surface area contributed by atoms with Crippen molar-refractivity contribution in [1.82, 2.24) is 14.3 Å². The second kappa shape index (κ2) is 4.74. The molecule has 82 valence electrons. The number of likely N-dealkylation sites (N-methyl/N-ethyl adjacent to an activating group) is 1. The molecule has 0 aliphatic heterocycles. The van der Waals surface area contributed by atoms with Gasteiger partial charge in [-0.25, -0.2) is 4.98 Å². The van der Waals surface area contributed by atoms with Gasteiger partial charge in [0.05, 0.1) is 6.61 Å². The van der Waals surface area contributed by atoms with Crippen molar-refractivity contribution in [3.63, 3.8) is 0 Å². The zero-order valence-electron chi connectivity index (χ0n) is 8.76. The summed E-state index contributed by atoms with van der Waals surface area (Å²) in [5.41, 5.74) is 1.29. The van der Waals surface area contributed by atoms with Gasteiger partial charge in [-0.2, -0.15) is 0 Å². The van der Waals surface area contributed by atoms with Crippen LogP contribution in [0.15, 0.2) is 17.8 Å². The van der Waals surface area contributed by atoms with Crippen LogP contribution in [0.25, 0.3) is 4.96 Å². The molecular weight excluding hydrogens is 210 g/mol. The lowest BCUT2D eigenvalue weighted by Gasteiger charge is -2.13. The molecule has 0 saturated heterocycles. The normalized spacial score (nSPS) is 11.7. The van der Waals surface area contributed by atoms with Crippen molar-refractivity contribution < 1.29 is 5.11 Å². The summed E-state index contributed by atoms with van der Waals surface area (Å²) in [7, 11) is 2.02. The van der Waals surface area contributed by atoms with Gasteiger partial charge in [0.25, 0.3) is 0 Å². The largest absolute Gasteiger partial charge is 0.395 e. The maximum Gasteiger partial charge on any atom is 0.193 e. The second-order valence-electron chi connectivity index (χ2n) is 3.58. The Bertz CT molecular complexity index is 423. The molecule has 2 heterocycles. The third kappa shape index (κ3) is 2.37. The highest BCUT2D eigenvalue weighted by Gasteiger charge is 2.04. The zero-order valence-corrected chi connectivity index (χ0v) is 9.57. The molecule has 2 aromatic heterocycles. The van der Waals surface area contributed by atoms with Gasteiger partial charge in [-0.1, -0.05) is 0 Å². The first-order valence-corrected chi connectivity index (χ1v) is 5.88. The first-order chi connectivity index (χ1) is 7.31. The third-order valence-electron chi connectivity index (χ3n) is 2.45. The summed E-state index contributed by atoms with van der Waals surface area (Å²) in [6.07, 6.45) is 4.81. The van der Waals surface area contributed by atoms with Crippen LogP contribution in [0.4, 0.5) is 0 Å². The van der Waals surface area contributed by atoms with E-state index in [0.717, 1.165) is 24.5 Å². The molecule has 15 heavy (non-hydrogen) atoms. The molecule has 2 rings (SSSR count). The fourth-order valence-corrected chi connectivity index (χ4v) is 2.43. The van der Waals surface area contributed by atoms with Gasteiger partial charge in [0.1, 0.15) is 0 Å². The Hall–Kier alpha value is -0.910. The van der Waals surface area contributed by atoms with Crippen molar-refractivity contribution in [3.8, 4) is 0 Å². The van der Waals surface area contributed by atoms with Crippen LogP contribution in [-0.2, 0) is 6.42 Å². The van der Waals surface area contributed by atoms with Gasteiger partial charge in [-0.05, 0) is 7.05 Å². The Labute approximate surface area is 92.8 Å². The first kappa shape index (κ1) is 10.6. The number of hydrogen-bond acceptors (Lipinski definition) is 4. The van der Waals surface area contributed by atoms with Crippen LogP contribution in [-0.4, -0.2) is 46.1 Å². The van der Waals surface area contributed by atoms with Crippen LogP contribution in [0.5, 0.6) is 0 Å². The fraction of sp³-hybridized carbons (Fsp3) is 0.500. The summed E-state index contributed by atoms with van der Waals surface area (Å²) in [5, 5.41) is 10.9. The van der Waals surface area contributed by atoms with Crippen molar-refractivity contribution in [2.24, 2.45) is 0 Å². The Morgan fingerprint density at radius 1 is 1.53 bits per heavy atom. The van der Waals surface area contributed by atoms with E-state index < -0.39 is 0 Å². The van der Waals surface area contributed by atoms with Gasteiger partial charge in [0.2, 0.25) is 0 Å². The van der Waals surface area contributed by atoms with Gasteiger partial charge in [0, 0.05) is 43.0 Å². The van der Waals surface area contributed by atoms with E-state index in [1.165, 1.54) is 5.69 Å². The quantitative estimate of drug-likeness (QED) is 0.820. The van der Waals surface area contributed by atoms with Gasteiger partial charge in [-0.3, -0.25) is 4.40 Å². The lowest BCUT2D eigenvalue weighted by molar-refractivity contribution is 0.222. The lowest BCUT2D eigenvalue weighted by Crippen LogP contribution is -2.24. The number of imidazole rings is 1. The summed E-state index contributed by atoms with van der Waals surface area (Å²) in [5.74, 6) is 0. The van der Waals surface area contributed by atoms with E-state index in [1.807, 2.05) is 19.4 Å². The molecular formula is C10H15N3OS. The third-order valence-corrected chi connectivity index (χ3v) is 3.35. The average Bonchev–Trinajstić information content (AvgIpc) is 2.77. The molecule has 0 saturated carbocycles. The summed E-state index contributed by atoms with van der Waals surface area (Å²) in [4.78, 5) is 7.41. The molecule has 0 aliphatic carbocycles. The van der Waals surface area contributed by atoms with Crippen molar-refractivity contribution >= 4 is 16.3 Å². The van der Waals surface area contributed by atoms with Crippen molar-refractivity contribution in [3.05, 3.63) is 23.5 Å². The summed E-state index contributed by atoms with van der Waals surface area (Å²) < 4.78 is 2.12. The van der Waals surface area contributed by atoms with E-state index in [9.17, 15) is 0 Å². The second-order valence-corrected chi connectivity index (χ2v) is 4.42. The van der Waals surface area contributed by atoms with E-state index in [2.05, 4.69) is 19.7 Å². The number of thiazole rings is 1. The van der Waals surface area contributed by atoms with Crippen LogP contribution in [0.2, 0.25) is 0 Å². The van der Waals surface area contributed by atoms with Crippen LogP contribution in [0.3, 0.4) is 0 Å². The lowest BCUT2D eigenvalue weighted by atomic mass is 10.3. The highest BCUT2D eigenvalue weighted by atomic mass is 32.1. The van der Waals surface area contributed by atoms with Gasteiger partial charge < -0.3 is 10.0 Å². The maximum absolute atomic E-state index is 8.78. The number of aliphatic hydroxyl groups is 1. The van der Waals surface area contributed by atoms with Crippen LogP contribution in [0.1, 0.15) is 5.69 Å². The van der Waals surface area contributed by atoms with E-state index in [4.69, 9.17) is 5.11 Å². The molecule has 0 aromatic carbocycles. The zero-order chi connectivity index (χ0) is 10.7. The number of aromatic nitrogens is 2. The highest BCUT2D eigenvalue weighted by Crippen LogP contribution is 2.14. The van der Waals surface area contributed by atoms with Gasteiger partial charge in [-0.15, -0.1) is 11.3 Å². The fourth-order valence-electron chi connectivity index (χ4n) is 1.54. The van der Waals surface area contributed by atoms with Gasteiger partial charge in [0.15, 0.2) is 4.96 Å². The van der Waals surface area contributed by atoms with E-state index in [0.29, 0.717) is 0 Å².